The van der Waals surface area contributed by atoms with Gasteiger partial charge in [0.05, 0.1) is 0 Å². The molecule has 4 heteroatoms. The first-order valence-corrected chi connectivity index (χ1v) is 13.8. The average molecular weight is 683 g/mol. The van der Waals surface area contributed by atoms with Crippen molar-refractivity contribution in [1.82, 2.24) is 0 Å². The molecular formula is C20H28Br2Te2-2. The maximum atomic E-state index is 2.26. The molecule has 0 fully saturated rings. The zero-order valence-corrected chi connectivity index (χ0v) is 22.4. The molecule has 0 heterocycles. The molecule has 2 aromatic carbocycles. The predicted octanol–water partition coefficient (Wildman–Crippen LogP) is -1.52. The van der Waals surface area contributed by atoms with Gasteiger partial charge in [-0.2, -0.15) is 0 Å². The Bertz CT molecular complexity index is 418. The number of benzene rings is 2. The molecule has 0 saturated carbocycles. The van der Waals surface area contributed by atoms with Gasteiger partial charge in [-0.25, -0.2) is 0 Å². The summed E-state index contributed by atoms with van der Waals surface area (Å²) in [5, 5.41) is 0. The Hall–Kier alpha value is 0.979. The minimum Gasteiger partial charge on any atom is -1.00 e. The standard InChI is InChI=1S/2C10H14Te.2BrH/c2*1-2-3-9-11-10-7-5-4-6-8-10;;/h2*4-8H,2-3,9H2,1H3;2*1H/p-2. The molecule has 0 spiro atoms. The summed E-state index contributed by atoms with van der Waals surface area (Å²) in [5.74, 6) is 0. The van der Waals surface area contributed by atoms with Crippen LogP contribution in [0.25, 0.3) is 0 Å². The molecule has 0 aliphatic carbocycles. The Morgan fingerprint density at radius 2 is 0.917 bits per heavy atom. The van der Waals surface area contributed by atoms with Crippen molar-refractivity contribution in [2.45, 2.75) is 48.5 Å². The Morgan fingerprint density at radius 1 is 0.583 bits per heavy atom. The molecule has 0 atom stereocenters. The van der Waals surface area contributed by atoms with Gasteiger partial charge in [0.2, 0.25) is 0 Å². The number of hydrogen-bond acceptors (Lipinski definition) is 0. The molecule has 0 aromatic heterocycles. The van der Waals surface area contributed by atoms with Crippen molar-refractivity contribution in [3.8, 4) is 0 Å². The third-order valence-corrected chi connectivity index (χ3v) is 9.29. The largest absolute Gasteiger partial charge is 1.00 e. The predicted molar refractivity (Wildman–Crippen MR) is 103 cm³/mol. The van der Waals surface area contributed by atoms with Crippen molar-refractivity contribution in [3.63, 3.8) is 0 Å². The van der Waals surface area contributed by atoms with Crippen LogP contribution >= 0.6 is 0 Å². The van der Waals surface area contributed by atoms with Crippen molar-refractivity contribution < 1.29 is 34.0 Å². The summed E-state index contributed by atoms with van der Waals surface area (Å²) in [4.78, 5) is 0. The van der Waals surface area contributed by atoms with E-state index in [-0.39, 0.29) is 75.8 Å². The minimum absolute atomic E-state index is 0. The van der Waals surface area contributed by atoms with Gasteiger partial charge in [0, 0.05) is 0 Å². The Kier molecular flexibility index (Phi) is 23.0. The number of unbranched alkanes of at least 4 members (excludes halogenated alkanes) is 2. The summed E-state index contributed by atoms with van der Waals surface area (Å²) < 4.78 is 6.13. The van der Waals surface area contributed by atoms with Gasteiger partial charge in [-0.3, -0.25) is 0 Å². The van der Waals surface area contributed by atoms with E-state index in [1.54, 1.807) is 7.22 Å². The average Bonchev–Trinajstić information content (AvgIpc) is 2.58. The van der Waals surface area contributed by atoms with Crippen LogP contribution in [0.4, 0.5) is 0 Å². The Labute approximate surface area is 190 Å². The van der Waals surface area contributed by atoms with E-state index in [0.717, 1.165) is 0 Å². The van der Waals surface area contributed by atoms with Crippen molar-refractivity contribution in [1.29, 1.82) is 0 Å². The van der Waals surface area contributed by atoms with Gasteiger partial charge >= 0.3 is 158 Å². The molecule has 136 valence electrons. The van der Waals surface area contributed by atoms with Crippen LogP contribution in [-0.2, 0) is 0 Å². The third kappa shape index (κ3) is 15.3. The van der Waals surface area contributed by atoms with Crippen LogP contribution in [-0.4, -0.2) is 41.8 Å². The molecule has 0 unspecified atom stereocenters. The fourth-order valence-corrected chi connectivity index (χ4v) is 7.51. The van der Waals surface area contributed by atoms with E-state index in [0.29, 0.717) is 0 Å². The molecule has 0 aliphatic heterocycles. The first-order valence-electron chi connectivity index (χ1n) is 8.22. The van der Waals surface area contributed by atoms with Crippen LogP contribution in [0.15, 0.2) is 60.7 Å². The van der Waals surface area contributed by atoms with Crippen LogP contribution < -0.4 is 41.2 Å². The molecule has 0 N–H and O–H groups in total. The van der Waals surface area contributed by atoms with E-state index in [1.165, 1.54) is 34.6 Å². The van der Waals surface area contributed by atoms with E-state index in [9.17, 15) is 0 Å². The normalized spacial score (nSPS) is 9.08. The molecule has 0 bridgehead atoms. The van der Waals surface area contributed by atoms with Gasteiger partial charge in [-0.05, 0) is 0 Å². The van der Waals surface area contributed by atoms with Gasteiger partial charge in [0.25, 0.3) is 0 Å². The van der Waals surface area contributed by atoms with Gasteiger partial charge in [0.1, 0.15) is 0 Å². The summed E-state index contributed by atoms with van der Waals surface area (Å²) in [6, 6.07) is 21.8. The molecule has 0 nitrogen and oxygen atoms in total. The second-order valence-electron chi connectivity index (χ2n) is 5.03. The molecule has 0 aliphatic rings. The van der Waals surface area contributed by atoms with Crippen molar-refractivity contribution >= 4 is 49.1 Å². The third-order valence-electron chi connectivity index (χ3n) is 3.02. The van der Waals surface area contributed by atoms with Crippen LogP contribution in [0.2, 0.25) is 8.94 Å². The van der Waals surface area contributed by atoms with Gasteiger partial charge in [0.15, 0.2) is 0 Å². The van der Waals surface area contributed by atoms with Crippen molar-refractivity contribution in [2.75, 3.05) is 0 Å². The molecule has 2 rings (SSSR count). The van der Waals surface area contributed by atoms with E-state index >= 15 is 0 Å². The van der Waals surface area contributed by atoms with Gasteiger partial charge < -0.3 is 34.0 Å². The number of rotatable bonds is 8. The molecule has 0 amide bonds. The van der Waals surface area contributed by atoms with E-state index < -0.39 is 0 Å². The van der Waals surface area contributed by atoms with Crippen LogP contribution in [0.5, 0.6) is 0 Å². The van der Waals surface area contributed by atoms with Gasteiger partial charge in [-0.1, -0.05) is 0 Å². The summed E-state index contributed by atoms with van der Waals surface area (Å²) in [7, 11) is 0. The maximum Gasteiger partial charge on any atom is -1.00 e. The molecule has 24 heavy (non-hydrogen) atoms. The second-order valence-corrected chi connectivity index (χ2v) is 11.7. The monoisotopic (exact) mass is 686 g/mol. The Morgan fingerprint density at radius 3 is 1.21 bits per heavy atom. The van der Waals surface area contributed by atoms with Gasteiger partial charge in [-0.15, -0.1) is 0 Å². The fourth-order valence-electron chi connectivity index (χ4n) is 1.70. The quantitative estimate of drug-likeness (QED) is 0.235. The first kappa shape index (κ1) is 27.2. The summed E-state index contributed by atoms with van der Waals surface area (Å²) >= 11 is 0.305. The number of hydrogen-bond donors (Lipinski definition) is 0. The smallest absolute Gasteiger partial charge is 1.00 e. The topological polar surface area (TPSA) is 0 Å². The summed E-state index contributed by atoms with van der Waals surface area (Å²) in [5.41, 5.74) is 0. The molecular weight excluding hydrogens is 655 g/mol. The van der Waals surface area contributed by atoms with Crippen molar-refractivity contribution in [2.24, 2.45) is 0 Å². The SMILES string of the molecule is CCCC[Te]c1ccccc1.CCCC[Te]c1ccccc1.[Br-].[Br-]. The second kappa shape index (κ2) is 20.3. The van der Waals surface area contributed by atoms with E-state index in [2.05, 4.69) is 74.5 Å². The minimum atomic E-state index is 0. The van der Waals surface area contributed by atoms with Crippen LogP contribution in [0, 0.1) is 0 Å². The van der Waals surface area contributed by atoms with Crippen molar-refractivity contribution in [3.05, 3.63) is 60.7 Å². The Balaban J connectivity index is 0. The first-order chi connectivity index (χ1) is 10.9. The summed E-state index contributed by atoms with van der Waals surface area (Å²) in [6.07, 6.45) is 5.52. The van der Waals surface area contributed by atoms with E-state index in [4.69, 9.17) is 0 Å². The molecule has 0 saturated heterocycles. The van der Waals surface area contributed by atoms with Crippen LogP contribution in [0.3, 0.4) is 0 Å². The summed E-state index contributed by atoms with van der Waals surface area (Å²) in [6.45, 7) is 4.52. The van der Waals surface area contributed by atoms with E-state index in [1.807, 2.05) is 0 Å². The molecule has 2 aromatic rings. The fraction of sp³-hybridized carbons (Fsp3) is 0.400. The molecule has 0 radical (unpaired) electrons. The zero-order chi connectivity index (χ0) is 15.9. The van der Waals surface area contributed by atoms with Crippen LogP contribution in [0.1, 0.15) is 39.5 Å². The zero-order valence-electron chi connectivity index (χ0n) is 14.6. The maximum absolute atomic E-state index is 2.26. The number of halogens is 2.